The van der Waals surface area contributed by atoms with Gasteiger partial charge < -0.3 is 5.11 Å². The highest BCUT2D eigenvalue weighted by Gasteiger charge is 2.52. The first-order valence-electron chi connectivity index (χ1n) is 8.88. The van der Waals surface area contributed by atoms with Crippen molar-refractivity contribution in [1.82, 2.24) is 0 Å². The van der Waals surface area contributed by atoms with Crippen molar-refractivity contribution in [2.45, 2.75) is 72.1 Å². The first-order valence-corrected chi connectivity index (χ1v) is 8.88. The van der Waals surface area contributed by atoms with Crippen molar-refractivity contribution < 1.29 is 5.11 Å². The minimum atomic E-state index is 0.150. The van der Waals surface area contributed by atoms with Crippen LogP contribution in [-0.2, 0) is 0 Å². The van der Waals surface area contributed by atoms with Gasteiger partial charge in [0.25, 0.3) is 0 Å². The summed E-state index contributed by atoms with van der Waals surface area (Å²) in [6, 6.07) is 0. The maximum Gasteiger partial charge on any atom is 0.0487 e. The van der Waals surface area contributed by atoms with E-state index in [2.05, 4.69) is 27.4 Å². The normalized spacial score (nSPS) is 43.2. The molecule has 3 aliphatic rings. The third-order valence-corrected chi connectivity index (χ3v) is 7.20. The molecular weight excluding hydrogens is 256 g/mol. The summed E-state index contributed by atoms with van der Waals surface area (Å²) in [6.07, 6.45) is 10.2. The summed E-state index contributed by atoms with van der Waals surface area (Å²) in [4.78, 5) is 0. The van der Waals surface area contributed by atoms with Crippen LogP contribution in [0.1, 0.15) is 72.1 Å². The Morgan fingerprint density at radius 1 is 1.24 bits per heavy atom. The molecular formula is C20H32O. The number of fused-ring (bicyclic) bond motifs is 2. The van der Waals surface area contributed by atoms with E-state index in [-0.39, 0.29) is 5.41 Å². The summed E-state index contributed by atoms with van der Waals surface area (Å²) >= 11 is 0. The molecule has 0 aromatic heterocycles. The van der Waals surface area contributed by atoms with Crippen LogP contribution in [0, 0.1) is 22.7 Å². The summed E-state index contributed by atoms with van der Waals surface area (Å²) in [5.74, 6) is 1.40. The van der Waals surface area contributed by atoms with Crippen LogP contribution in [-0.4, -0.2) is 11.7 Å². The van der Waals surface area contributed by atoms with Crippen LogP contribution < -0.4 is 0 Å². The predicted molar refractivity (Wildman–Crippen MR) is 89.1 cm³/mol. The van der Waals surface area contributed by atoms with Crippen molar-refractivity contribution >= 4 is 0 Å². The lowest BCUT2D eigenvalue weighted by molar-refractivity contribution is -0.0406. The molecule has 4 atom stereocenters. The van der Waals surface area contributed by atoms with Crippen molar-refractivity contribution in [1.29, 1.82) is 0 Å². The number of rotatable bonds is 2. The highest BCUT2D eigenvalue weighted by molar-refractivity contribution is 5.32. The van der Waals surface area contributed by atoms with E-state index in [0.717, 1.165) is 5.92 Å². The van der Waals surface area contributed by atoms with Gasteiger partial charge in [-0.1, -0.05) is 43.6 Å². The molecule has 1 saturated carbocycles. The summed E-state index contributed by atoms with van der Waals surface area (Å²) in [5.41, 5.74) is 5.43. The number of hydrogen-bond donors (Lipinski definition) is 1. The van der Waals surface area contributed by atoms with Crippen molar-refractivity contribution in [3.05, 3.63) is 23.3 Å². The Labute approximate surface area is 130 Å². The van der Waals surface area contributed by atoms with Gasteiger partial charge in [-0.2, -0.15) is 0 Å². The SMILES string of the molecule is C=C(C)[C@@H]1CCC2=C(CC[C@H]3[C@@](C)(CO)CCC[C@]23C)C1. The van der Waals surface area contributed by atoms with Crippen molar-refractivity contribution in [2.75, 3.05) is 6.61 Å². The fourth-order valence-electron chi connectivity index (χ4n) is 5.89. The van der Waals surface area contributed by atoms with Crippen LogP contribution in [0.4, 0.5) is 0 Å². The zero-order chi connectivity index (χ0) is 15.3. The largest absolute Gasteiger partial charge is 0.396 e. The molecule has 0 unspecified atom stereocenters. The Morgan fingerprint density at radius 2 is 2.00 bits per heavy atom. The third kappa shape index (κ3) is 2.32. The molecule has 1 N–H and O–H groups in total. The summed E-state index contributed by atoms with van der Waals surface area (Å²) < 4.78 is 0. The molecule has 0 bridgehead atoms. The smallest absolute Gasteiger partial charge is 0.0487 e. The highest BCUT2D eigenvalue weighted by Crippen LogP contribution is 2.62. The van der Waals surface area contributed by atoms with Gasteiger partial charge in [-0.25, -0.2) is 0 Å². The molecule has 0 saturated heterocycles. The van der Waals surface area contributed by atoms with E-state index in [1.807, 2.05) is 0 Å². The first-order chi connectivity index (χ1) is 9.90. The van der Waals surface area contributed by atoms with Crippen molar-refractivity contribution in [3.63, 3.8) is 0 Å². The molecule has 21 heavy (non-hydrogen) atoms. The van der Waals surface area contributed by atoms with Crippen LogP contribution >= 0.6 is 0 Å². The Balaban J connectivity index is 1.94. The van der Waals surface area contributed by atoms with Crippen molar-refractivity contribution in [3.8, 4) is 0 Å². The highest BCUT2D eigenvalue weighted by atomic mass is 16.3. The van der Waals surface area contributed by atoms with Crippen LogP contribution in [0.25, 0.3) is 0 Å². The van der Waals surface area contributed by atoms with Gasteiger partial charge in [0, 0.05) is 6.61 Å². The lowest BCUT2D eigenvalue weighted by Crippen LogP contribution is -2.49. The molecule has 0 aliphatic heterocycles. The number of aliphatic hydroxyl groups excluding tert-OH is 1. The van der Waals surface area contributed by atoms with E-state index >= 15 is 0 Å². The fourth-order valence-corrected chi connectivity index (χ4v) is 5.89. The summed E-state index contributed by atoms with van der Waals surface area (Å²) in [5, 5.41) is 9.99. The van der Waals surface area contributed by atoms with Gasteiger partial charge >= 0.3 is 0 Å². The summed E-state index contributed by atoms with van der Waals surface area (Å²) in [7, 11) is 0. The standard InChI is InChI=1S/C20H32O/c1-14(2)15-6-8-17-16(12-15)7-9-18-19(3,13-21)10-5-11-20(17,18)4/h15,18,21H,1,5-13H2,2-4H3/t15-,18+,19-,20-/m1/s1. The second kappa shape index (κ2) is 5.26. The number of hydrogen-bond acceptors (Lipinski definition) is 1. The Bertz CT molecular complexity index is 474. The molecule has 0 aromatic rings. The number of allylic oxidation sites excluding steroid dienone is 3. The molecule has 118 valence electrons. The maximum atomic E-state index is 9.99. The number of aliphatic hydroxyl groups is 1. The second-order valence-corrected chi connectivity index (χ2v) is 8.54. The predicted octanol–water partition coefficient (Wildman–Crippen LogP) is 5.26. The van der Waals surface area contributed by atoms with Crippen molar-refractivity contribution in [2.24, 2.45) is 22.7 Å². The monoisotopic (exact) mass is 288 g/mol. The van der Waals surface area contributed by atoms with E-state index in [4.69, 9.17) is 0 Å². The Morgan fingerprint density at radius 3 is 2.67 bits per heavy atom. The van der Waals surface area contributed by atoms with E-state index in [9.17, 15) is 5.11 Å². The summed E-state index contributed by atoms with van der Waals surface area (Å²) in [6.45, 7) is 11.6. The maximum absolute atomic E-state index is 9.99. The molecule has 3 aliphatic carbocycles. The minimum Gasteiger partial charge on any atom is -0.396 e. The average molecular weight is 288 g/mol. The fraction of sp³-hybridized carbons (Fsp3) is 0.800. The van der Waals surface area contributed by atoms with Gasteiger partial charge in [-0.3, -0.25) is 0 Å². The lowest BCUT2D eigenvalue weighted by atomic mass is 9.48. The van der Waals surface area contributed by atoms with Gasteiger partial charge in [-0.05, 0) is 74.5 Å². The van der Waals surface area contributed by atoms with E-state index in [1.165, 1.54) is 56.9 Å². The zero-order valence-electron chi connectivity index (χ0n) is 14.2. The third-order valence-electron chi connectivity index (χ3n) is 7.20. The second-order valence-electron chi connectivity index (χ2n) is 8.54. The Kier molecular flexibility index (Phi) is 3.84. The van der Waals surface area contributed by atoms with Crippen LogP contribution in [0.15, 0.2) is 23.3 Å². The molecule has 0 radical (unpaired) electrons. The van der Waals surface area contributed by atoms with Crippen LogP contribution in [0.3, 0.4) is 0 Å². The molecule has 0 heterocycles. The zero-order valence-corrected chi connectivity index (χ0v) is 14.2. The quantitative estimate of drug-likeness (QED) is 0.687. The molecule has 0 amide bonds. The van der Waals surface area contributed by atoms with Gasteiger partial charge in [-0.15, -0.1) is 0 Å². The first kappa shape index (κ1) is 15.3. The van der Waals surface area contributed by atoms with Gasteiger partial charge in [0.2, 0.25) is 0 Å². The molecule has 1 heteroatoms. The molecule has 0 aromatic carbocycles. The van der Waals surface area contributed by atoms with Crippen LogP contribution in [0.5, 0.6) is 0 Å². The van der Waals surface area contributed by atoms with Crippen LogP contribution in [0.2, 0.25) is 0 Å². The molecule has 0 spiro atoms. The average Bonchev–Trinajstić information content (AvgIpc) is 2.46. The molecule has 3 rings (SSSR count). The molecule has 1 nitrogen and oxygen atoms in total. The lowest BCUT2D eigenvalue weighted by Gasteiger charge is -2.57. The topological polar surface area (TPSA) is 20.2 Å². The Hall–Kier alpha value is -0.560. The van der Waals surface area contributed by atoms with E-state index in [1.54, 1.807) is 11.1 Å². The molecule has 1 fully saturated rings. The van der Waals surface area contributed by atoms with Gasteiger partial charge in [0.1, 0.15) is 0 Å². The van der Waals surface area contributed by atoms with E-state index in [0.29, 0.717) is 17.9 Å². The van der Waals surface area contributed by atoms with E-state index < -0.39 is 0 Å². The van der Waals surface area contributed by atoms with Gasteiger partial charge in [0.05, 0.1) is 0 Å². The van der Waals surface area contributed by atoms with Gasteiger partial charge in [0.15, 0.2) is 0 Å². The minimum absolute atomic E-state index is 0.150.